The van der Waals surface area contributed by atoms with Gasteiger partial charge in [0.15, 0.2) is 5.66 Å². The maximum absolute atomic E-state index is 14.1. The van der Waals surface area contributed by atoms with Gasteiger partial charge in [0.25, 0.3) is 5.91 Å². The van der Waals surface area contributed by atoms with Crippen molar-refractivity contribution in [3.8, 4) is 5.75 Å². The second-order valence-electron chi connectivity index (χ2n) is 8.64. The summed E-state index contributed by atoms with van der Waals surface area (Å²) in [6, 6.07) is 40.1. The van der Waals surface area contributed by atoms with Crippen LogP contribution in [0.25, 0.3) is 0 Å². The van der Waals surface area contributed by atoms with Gasteiger partial charge >= 0.3 is 0 Å². The van der Waals surface area contributed by atoms with Gasteiger partial charge in [-0.3, -0.25) is 4.79 Å². The third-order valence-corrected chi connectivity index (χ3v) is 11.5. The molecule has 1 unspecified atom stereocenters. The molecule has 0 radical (unpaired) electrons. The fraction of sp³-hybridized carbons (Fsp3) is 0.167. The van der Waals surface area contributed by atoms with E-state index in [1.165, 1.54) is 15.9 Å². The van der Waals surface area contributed by atoms with Crippen LogP contribution in [0.1, 0.15) is 12.0 Å². The molecule has 1 heterocycles. The Morgan fingerprint density at radius 1 is 0.735 bits per heavy atom. The zero-order valence-electron chi connectivity index (χ0n) is 19.4. The highest BCUT2D eigenvalue weighted by Crippen LogP contribution is 2.62. The zero-order valence-corrected chi connectivity index (χ0v) is 20.3. The van der Waals surface area contributed by atoms with Crippen molar-refractivity contribution < 1.29 is 9.53 Å². The van der Waals surface area contributed by atoms with E-state index in [0.717, 1.165) is 24.3 Å². The molecule has 34 heavy (non-hydrogen) atoms. The van der Waals surface area contributed by atoms with Gasteiger partial charge in [0.2, 0.25) is 0 Å². The number of likely N-dealkylation sites (tertiary alicyclic amines) is 1. The fourth-order valence-electron chi connectivity index (χ4n) is 5.17. The van der Waals surface area contributed by atoms with Crippen LogP contribution in [0.5, 0.6) is 5.75 Å². The van der Waals surface area contributed by atoms with Crippen LogP contribution in [0.15, 0.2) is 115 Å². The Hall–Kier alpha value is -3.42. The first-order chi connectivity index (χ1) is 16.7. The van der Waals surface area contributed by atoms with E-state index in [0.29, 0.717) is 6.54 Å². The number of rotatable bonds is 7. The largest absolute Gasteiger partial charge is 0.497 e. The third kappa shape index (κ3) is 4.02. The number of nitrogens with zero attached hydrogens (tertiary/aromatic N) is 1. The van der Waals surface area contributed by atoms with Gasteiger partial charge in [0, 0.05) is 19.5 Å². The second kappa shape index (κ2) is 9.83. The number of amides is 1. The summed E-state index contributed by atoms with van der Waals surface area (Å²) in [7, 11) is -0.553. The highest BCUT2D eigenvalue weighted by atomic mass is 31.2. The van der Waals surface area contributed by atoms with Gasteiger partial charge in [-0.2, -0.15) is 0 Å². The molecule has 5 rings (SSSR count). The molecule has 4 heteroatoms. The van der Waals surface area contributed by atoms with Gasteiger partial charge in [-0.1, -0.05) is 66.7 Å². The Balaban J connectivity index is 1.60. The molecule has 0 spiro atoms. The average molecular weight is 467 g/mol. The molecule has 1 aliphatic rings. The van der Waals surface area contributed by atoms with Crippen molar-refractivity contribution >= 4 is 29.1 Å². The topological polar surface area (TPSA) is 29.5 Å². The van der Waals surface area contributed by atoms with Crippen molar-refractivity contribution in [3.05, 3.63) is 121 Å². The highest BCUT2D eigenvalue weighted by Gasteiger charge is 2.58. The van der Waals surface area contributed by atoms with Gasteiger partial charge < -0.3 is 9.64 Å². The van der Waals surface area contributed by atoms with E-state index >= 15 is 0 Å². The van der Waals surface area contributed by atoms with Gasteiger partial charge in [0.05, 0.1) is 7.11 Å². The molecule has 0 aromatic heterocycles. The van der Waals surface area contributed by atoms with E-state index in [1.807, 2.05) is 29.2 Å². The molecular formula is C30H29NO2P+. The van der Waals surface area contributed by atoms with Crippen molar-refractivity contribution in [2.24, 2.45) is 0 Å². The van der Waals surface area contributed by atoms with Gasteiger partial charge in [-0.25, -0.2) is 0 Å². The molecule has 1 atom stereocenters. The summed E-state index contributed by atoms with van der Waals surface area (Å²) in [5.74, 6) is 1.08. The molecule has 0 saturated carbocycles. The van der Waals surface area contributed by atoms with Crippen molar-refractivity contribution in [1.82, 2.24) is 4.90 Å². The minimum atomic E-state index is -2.22. The number of carbonyl (C=O) groups excluding carboxylic acids is 1. The molecule has 1 aliphatic heterocycles. The zero-order chi connectivity index (χ0) is 23.4. The predicted octanol–water partition coefficient (Wildman–Crippen LogP) is 4.79. The van der Waals surface area contributed by atoms with E-state index in [4.69, 9.17) is 4.74 Å². The monoisotopic (exact) mass is 466 g/mol. The lowest BCUT2D eigenvalue weighted by atomic mass is 10.2. The molecule has 170 valence electrons. The van der Waals surface area contributed by atoms with Gasteiger partial charge in [-0.05, 0) is 54.1 Å². The first-order valence-corrected chi connectivity index (χ1v) is 13.6. The quantitative estimate of drug-likeness (QED) is 0.367. The Bertz CT molecular complexity index is 1130. The van der Waals surface area contributed by atoms with Crippen LogP contribution in [0.3, 0.4) is 0 Å². The van der Waals surface area contributed by atoms with Crippen molar-refractivity contribution in [3.63, 3.8) is 0 Å². The molecular weight excluding hydrogens is 437 g/mol. The minimum Gasteiger partial charge on any atom is -0.497 e. The van der Waals surface area contributed by atoms with Gasteiger partial charge in [0.1, 0.15) is 28.9 Å². The molecule has 0 N–H and O–H groups in total. The Morgan fingerprint density at radius 2 is 1.21 bits per heavy atom. The Labute approximate surface area is 202 Å². The van der Waals surface area contributed by atoms with Crippen LogP contribution in [-0.2, 0) is 11.3 Å². The molecule has 4 aromatic rings. The number of benzene rings is 4. The third-order valence-electron chi connectivity index (χ3n) is 6.76. The van der Waals surface area contributed by atoms with E-state index in [9.17, 15) is 4.79 Å². The SMILES string of the molecule is COc1ccc(CN2CCC([P+](c3ccccc3)(c3ccccc3)c3ccccc3)C2=O)cc1. The van der Waals surface area contributed by atoms with E-state index in [-0.39, 0.29) is 11.6 Å². The summed E-state index contributed by atoms with van der Waals surface area (Å²) in [5.41, 5.74) is 1.04. The maximum atomic E-state index is 14.1. The van der Waals surface area contributed by atoms with Crippen LogP contribution in [-0.4, -0.2) is 30.1 Å². The minimum absolute atomic E-state index is 0.0852. The lowest BCUT2D eigenvalue weighted by Gasteiger charge is -2.32. The highest BCUT2D eigenvalue weighted by molar-refractivity contribution is 7.96. The summed E-state index contributed by atoms with van der Waals surface area (Å²) in [4.78, 5) is 16.2. The lowest BCUT2D eigenvalue weighted by Crippen LogP contribution is -2.42. The first-order valence-electron chi connectivity index (χ1n) is 11.7. The first kappa shape index (κ1) is 22.4. The lowest BCUT2D eigenvalue weighted by molar-refractivity contribution is -0.127. The summed E-state index contributed by atoms with van der Waals surface area (Å²) in [6.07, 6.45) is 0.849. The molecule has 1 amide bonds. The predicted molar refractivity (Wildman–Crippen MR) is 142 cm³/mol. The van der Waals surface area contributed by atoms with Crippen molar-refractivity contribution in [1.29, 1.82) is 0 Å². The summed E-state index contributed by atoms with van der Waals surface area (Å²) < 4.78 is 5.29. The van der Waals surface area contributed by atoms with Gasteiger partial charge in [-0.15, -0.1) is 0 Å². The Morgan fingerprint density at radius 3 is 1.65 bits per heavy atom. The fourth-order valence-corrected chi connectivity index (χ4v) is 10.1. The van der Waals surface area contributed by atoms with E-state index in [1.54, 1.807) is 7.11 Å². The van der Waals surface area contributed by atoms with E-state index in [2.05, 4.69) is 91.0 Å². The molecule has 1 fully saturated rings. The van der Waals surface area contributed by atoms with Crippen LogP contribution < -0.4 is 20.7 Å². The molecule has 1 saturated heterocycles. The molecule has 3 nitrogen and oxygen atoms in total. The summed E-state index contributed by atoms with van der Waals surface area (Å²) in [6.45, 7) is 1.39. The summed E-state index contributed by atoms with van der Waals surface area (Å²) >= 11 is 0. The van der Waals surface area contributed by atoms with Crippen molar-refractivity contribution in [2.75, 3.05) is 13.7 Å². The van der Waals surface area contributed by atoms with Crippen LogP contribution >= 0.6 is 7.26 Å². The average Bonchev–Trinajstić information content (AvgIpc) is 3.27. The van der Waals surface area contributed by atoms with E-state index < -0.39 is 7.26 Å². The molecule has 0 aliphatic carbocycles. The number of ether oxygens (including phenoxy) is 1. The maximum Gasteiger partial charge on any atom is 0.264 e. The molecule has 4 aromatic carbocycles. The standard InChI is InChI=1S/C30H29NO2P/c1-33-25-19-17-24(18-20-25)23-31-22-21-29(30(31)32)34(26-11-5-2-6-12-26,27-13-7-3-8-14-27)28-15-9-4-10-16-28/h2-20,29H,21-23H2,1H3/q+1. The number of carbonyl (C=O) groups is 1. The number of hydrogen-bond acceptors (Lipinski definition) is 2. The normalized spacial score (nSPS) is 16.0. The van der Waals surface area contributed by atoms with Crippen LogP contribution in [0.4, 0.5) is 0 Å². The smallest absolute Gasteiger partial charge is 0.264 e. The van der Waals surface area contributed by atoms with Crippen molar-refractivity contribution in [2.45, 2.75) is 18.6 Å². The number of hydrogen-bond donors (Lipinski definition) is 0. The van der Waals surface area contributed by atoms with Crippen LogP contribution in [0, 0.1) is 0 Å². The summed E-state index contributed by atoms with van der Waals surface area (Å²) in [5, 5.41) is 3.78. The second-order valence-corrected chi connectivity index (χ2v) is 12.3. The van der Waals surface area contributed by atoms with Crippen LogP contribution in [0.2, 0.25) is 0 Å². The number of methoxy groups -OCH3 is 1. The Kier molecular flexibility index (Phi) is 6.47. The molecule has 0 bridgehead atoms.